The van der Waals surface area contributed by atoms with Gasteiger partial charge in [-0.2, -0.15) is 0 Å². The minimum atomic E-state index is -4.20. The van der Waals surface area contributed by atoms with E-state index in [0.29, 0.717) is 57.7 Å². The van der Waals surface area contributed by atoms with Gasteiger partial charge in [0.25, 0.3) is 20.0 Å². The van der Waals surface area contributed by atoms with Gasteiger partial charge < -0.3 is 46.9 Å². The summed E-state index contributed by atoms with van der Waals surface area (Å²) in [6.07, 6.45) is 1.44. The fourth-order valence-corrected chi connectivity index (χ4v) is 11.1. The fraction of sp³-hybridized carbons (Fsp3) is 0.571. The van der Waals surface area contributed by atoms with Crippen molar-refractivity contribution in [3.63, 3.8) is 0 Å². The Morgan fingerprint density at radius 1 is 0.646 bits per heavy atom. The van der Waals surface area contributed by atoms with E-state index in [4.69, 9.17) is 31.1 Å². The Balaban J connectivity index is 1.22. The van der Waals surface area contributed by atoms with E-state index >= 15 is 0 Å². The quantitative estimate of drug-likeness (QED) is 0.0531. The average molecular weight is 949 g/mol. The molecule has 12 N–H and O–H groups in total. The van der Waals surface area contributed by atoms with Crippen molar-refractivity contribution >= 4 is 55.7 Å². The summed E-state index contributed by atoms with van der Waals surface area (Å²) in [7, 11) is -8.35. The molecule has 0 saturated heterocycles. The van der Waals surface area contributed by atoms with Gasteiger partial charge in [-0.1, -0.05) is 0 Å². The van der Waals surface area contributed by atoms with Gasteiger partial charge in [-0.3, -0.25) is 30.0 Å². The van der Waals surface area contributed by atoms with Crippen molar-refractivity contribution in [2.75, 3.05) is 26.2 Å². The van der Waals surface area contributed by atoms with Gasteiger partial charge in [0.2, 0.25) is 29.6 Å². The minimum absolute atomic E-state index is 0.0168. The molecule has 2 aliphatic rings. The summed E-state index contributed by atoms with van der Waals surface area (Å²) in [6, 6.07) is -2.35. The SMILES string of the molecule is Cc1c(C)c(S(=O)(=O)NC(=N)NCCC[C@H](NC(=O)CNC(=O)[C@@H](N)CCCNC(=N)NS(=O)(=O)c2c(C)c(C)c3c(c2C)CC(C)(C)O3)C(=O)NCC(=O)O)c(C)c2c1OC(C)(C)C2. The molecule has 2 heterocycles. The molecule has 0 saturated carbocycles. The Morgan fingerprint density at radius 2 is 1.06 bits per heavy atom. The number of ether oxygens (including phenoxy) is 2. The highest BCUT2D eigenvalue weighted by Gasteiger charge is 2.38. The lowest BCUT2D eigenvalue weighted by atomic mass is 9.94. The molecule has 0 aliphatic carbocycles. The van der Waals surface area contributed by atoms with Crippen LogP contribution in [0.4, 0.5) is 0 Å². The first-order chi connectivity index (χ1) is 30.0. The van der Waals surface area contributed by atoms with E-state index in [0.717, 1.165) is 11.1 Å². The smallest absolute Gasteiger partial charge is 0.322 e. The van der Waals surface area contributed by atoms with Gasteiger partial charge in [0, 0.05) is 37.1 Å². The highest BCUT2D eigenvalue weighted by molar-refractivity contribution is 7.90. The summed E-state index contributed by atoms with van der Waals surface area (Å²) >= 11 is 0. The maximum atomic E-state index is 13.5. The molecule has 21 nitrogen and oxygen atoms in total. The zero-order valence-electron chi connectivity index (χ0n) is 38.6. The summed E-state index contributed by atoms with van der Waals surface area (Å²) in [5.74, 6) is -3.29. The van der Waals surface area contributed by atoms with Crippen molar-refractivity contribution < 1.29 is 50.6 Å². The summed E-state index contributed by atoms with van der Waals surface area (Å²) in [4.78, 5) is 49.6. The van der Waals surface area contributed by atoms with Crippen molar-refractivity contribution in [2.24, 2.45) is 5.73 Å². The van der Waals surface area contributed by atoms with Crippen molar-refractivity contribution in [3.05, 3.63) is 44.5 Å². The molecule has 2 aromatic rings. The number of carboxylic acids is 1. The lowest BCUT2D eigenvalue weighted by molar-refractivity contribution is -0.138. The lowest BCUT2D eigenvalue weighted by Crippen LogP contribution is -2.51. The molecule has 0 bridgehead atoms. The van der Waals surface area contributed by atoms with Gasteiger partial charge in [-0.05, 0) is 128 Å². The van der Waals surface area contributed by atoms with Gasteiger partial charge in [-0.25, -0.2) is 26.3 Å². The third-order valence-electron chi connectivity index (χ3n) is 11.4. The molecule has 0 fully saturated rings. The maximum Gasteiger partial charge on any atom is 0.322 e. The number of hydrogen-bond donors (Lipinski definition) is 11. The standard InChI is InChI=1S/C42H64N10O11S2/c1-21-23(3)35(25(5)27-17-41(7,8)62-33(21)27)64(58,59)51-39(44)46-15-11-13-29(43)37(56)48-19-31(53)50-30(38(57)49-20-32(54)55)14-12-16-47-40(45)52-65(60,61)36-24(4)22(2)34-28(26(36)6)18-42(9,10)63-34/h29-30H,11-20,43H2,1-10H3,(H,48,56)(H,49,57)(H,50,53)(H,54,55)(H3,44,46,51)(H3,45,47,52)/t29-,30-/m0/s1. The second-order valence-electron chi connectivity index (χ2n) is 17.8. The van der Waals surface area contributed by atoms with E-state index in [2.05, 4.69) is 36.0 Å². The minimum Gasteiger partial charge on any atom is -0.487 e. The molecule has 0 spiro atoms. The predicted octanol–water partition coefficient (Wildman–Crippen LogP) is 0.959. The van der Waals surface area contributed by atoms with E-state index in [1.54, 1.807) is 41.5 Å². The number of carbonyl (C=O) groups is 4. The number of hydrogen-bond acceptors (Lipinski definition) is 13. The van der Waals surface area contributed by atoms with Crippen molar-refractivity contribution in [3.8, 4) is 11.5 Å². The molecule has 23 heteroatoms. The number of benzene rings is 2. The van der Waals surface area contributed by atoms with Gasteiger partial charge in [0.1, 0.15) is 35.3 Å². The predicted molar refractivity (Wildman–Crippen MR) is 242 cm³/mol. The number of nitrogens with two attached hydrogens (primary N) is 1. The van der Waals surface area contributed by atoms with Crippen LogP contribution in [0.2, 0.25) is 0 Å². The Morgan fingerprint density at radius 3 is 1.49 bits per heavy atom. The molecule has 0 unspecified atom stereocenters. The second kappa shape index (κ2) is 20.2. The Hall–Kier alpha value is -5.68. The van der Waals surface area contributed by atoms with Crippen LogP contribution in [0.25, 0.3) is 0 Å². The van der Waals surface area contributed by atoms with Gasteiger partial charge in [0.15, 0.2) is 0 Å². The van der Waals surface area contributed by atoms with Crippen molar-refractivity contribution in [1.29, 1.82) is 10.8 Å². The van der Waals surface area contributed by atoms with E-state index in [1.165, 1.54) is 0 Å². The number of carbonyl (C=O) groups excluding carboxylic acids is 3. The topological polar surface area (TPSA) is 333 Å². The molecule has 65 heavy (non-hydrogen) atoms. The molecule has 3 amide bonds. The summed E-state index contributed by atoms with van der Waals surface area (Å²) in [5, 5.41) is 37.9. The van der Waals surface area contributed by atoms with E-state index in [9.17, 15) is 36.0 Å². The highest BCUT2D eigenvalue weighted by Crippen LogP contribution is 2.45. The fourth-order valence-electron chi connectivity index (χ4n) is 8.02. The number of fused-ring (bicyclic) bond motifs is 2. The average Bonchev–Trinajstić information content (AvgIpc) is 3.71. The third kappa shape index (κ3) is 12.8. The molecule has 2 aliphatic heterocycles. The van der Waals surface area contributed by atoms with Crippen molar-refractivity contribution in [2.45, 2.75) is 141 Å². The summed E-state index contributed by atoms with van der Waals surface area (Å²) < 4.78 is 70.6. The first-order valence-electron chi connectivity index (χ1n) is 21.1. The third-order valence-corrected chi connectivity index (χ3v) is 14.6. The molecule has 360 valence electrons. The second-order valence-corrected chi connectivity index (χ2v) is 21.0. The van der Waals surface area contributed by atoms with E-state index < -0.39 is 92.0 Å². The Kier molecular flexibility index (Phi) is 16.2. The largest absolute Gasteiger partial charge is 0.487 e. The number of guanidine groups is 2. The summed E-state index contributed by atoms with van der Waals surface area (Å²) in [6.45, 7) is 16.8. The Labute approximate surface area is 380 Å². The summed E-state index contributed by atoms with van der Waals surface area (Å²) in [5.41, 5.74) is 10.1. The lowest BCUT2D eigenvalue weighted by Gasteiger charge is -2.20. The number of carboxylic acid groups (broad SMARTS) is 1. The van der Waals surface area contributed by atoms with Crippen LogP contribution in [0.15, 0.2) is 9.79 Å². The van der Waals surface area contributed by atoms with Crippen molar-refractivity contribution in [1.82, 2.24) is 36.0 Å². The molecule has 2 atom stereocenters. The maximum absolute atomic E-state index is 13.5. The zero-order chi connectivity index (χ0) is 49.0. The van der Waals surface area contributed by atoms with Crippen LogP contribution >= 0.6 is 0 Å². The number of nitrogens with one attached hydrogen (secondary N) is 9. The molecule has 0 aromatic heterocycles. The highest BCUT2D eigenvalue weighted by atomic mass is 32.2. The number of sulfonamides is 2. The normalized spacial score (nSPS) is 15.5. The number of rotatable bonds is 19. The van der Waals surface area contributed by atoms with Crippen LogP contribution in [0.1, 0.15) is 97.9 Å². The molecular weight excluding hydrogens is 885 g/mol. The van der Waals surface area contributed by atoms with Gasteiger partial charge in [0.05, 0.1) is 22.4 Å². The number of aliphatic carboxylic acids is 1. The van der Waals surface area contributed by atoms with Crippen LogP contribution in [-0.2, 0) is 52.1 Å². The van der Waals surface area contributed by atoms with E-state index in [-0.39, 0.29) is 48.6 Å². The van der Waals surface area contributed by atoms with Crippen LogP contribution in [-0.4, -0.2) is 107 Å². The molecular formula is C42H64N10O11S2. The zero-order valence-corrected chi connectivity index (χ0v) is 40.3. The Bertz CT molecular complexity index is 2490. The van der Waals surface area contributed by atoms with Crippen LogP contribution in [0.3, 0.4) is 0 Å². The molecule has 2 aromatic carbocycles. The van der Waals surface area contributed by atoms with Crippen LogP contribution in [0.5, 0.6) is 11.5 Å². The van der Waals surface area contributed by atoms with Gasteiger partial charge >= 0.3 is 5.97 Å². The molecule has 0 radical (unpaired) electrons. The number of amides is 3. The first kappa shape index (κ1) is 51.9. The molecule has 4 rings (SSSR count). The monoisotopic (exact) mass is 948 g/mol. The van der Waals surface area contributed by atoms with Crippen LogP contribution < -0.4 is 51.2 Å². The van der Waals surface area contributed by atoms with Crippen LogP contribution in [0, 0.1) is 52.4 Å². The first-order valence-corrected chi connectivity index (χ1v) is 24.1. The van der Waals surface area contributed by atoms with Gasteiger partial charge in [-0.15, -0.1) is 0 Å². The van der Waals surface area contributed by atoms with E-state index in [1.807, 2.05) is 27.7 Å².